The van der Waals surface area contributed by atoms with Gasteiger partial charge < -0.3 is 4.57 Å². The Bertz CT molecular complexity index is 710. The molecule has 0 bridgehead atoms. The van der Waals surface area contributed by atoms with Gasteiger partial charge in [-0.1, -0.05) is 23.7 Å². The number of imidazole rings is 1. The van der Waals surface area contributed by atoms with E-state index < -0.39 is 5.92 Å². The Hall–Kier alpha value is -2.14. The van der Waals surface area contributed by atoms with Crippen molar-refractivity contribution < 1.29 is 9.59 Å². The number of piperidine rings is 1. The van der Waals surface area contributed by atoms with E-state index in [1.165, 1.54) is 0 Å². The van der Waals surface area contributed by atoms with Crippen LogP contribution in [0.25, 0.3) is 0 Å². The van der Waals surface area contributed by atoms with Crippen molar-refractivity contribution in [2.75, 3.05) is 0 Å². The summed E-state index contributed by atoms with van der Waals surface area (Å²) in [7, 11) is 1.86. The molecule has 1 N–H and O–H groups in total. The lowest BCUT2D eigenvalue weighted by atomic mass is 9.79. The number of nitrogens with one attached hydrogen (secondary N) is 1. The van der Waals surface area contributed by atoms with Crippen LogP contribution in [0, 0.1) is 0 Å². The van der Waals surface area contributed by atoms with E-state index in [9.17, 15) is 9.59 Å². The molecule has 6 heteroatoms. The van der Waals surface area contributed by atoms with Crippen LogP contribution in [0.3, 0.4) is 0 Å². The lowest BCUT2D eigenvalue weighted by Crippen LogP contribution is -2.43. The van der Waals surface area contributed by atoms with Crippen molar-refractivity contribution in [1.82, 2.24) is 14.9 Å². The molecular weight excluding hydrogens is 290 g/mol. The van der Waals surface area contributed by atoms with E-state index in [4.69, 9.17) is 11.6 Å². The molecular formula is C15H14ClN3O2. The largest absolute Gasteiger partial charge is 0.337 e. The van der Waals surface area contributed by atoms with E-state index in [0.29, 0.717) is 5.02 Å². The SMILES string of the molecule is Cn1cncc1C1CC(=O)NC(=O)C1c1cccc(Cl)c1. The van der Waals surface area contributed by atoms with Gasteiger partial charge in [-0.2, -0.15) is 0 Å². The standard InChI is InChI=1S/C15H14ClN3O2/c1-19-8-17-7-12(19)11-6-13(20)18-15(21)14(11)9-3-2-4-10(16)5-9/h2-5,7-8,11,14H,6H2,1H3,(H,18,20,21). The number of amides is 2. The molecule has 0 spiro atoms. The van der Waals surface area contributed by atoms with Gasteiger partial charge in [0.05, 0.1) is 12.2 Å². The van der Waals surface area contributed by atoms with Crippen LogP contribution in [0.5, 0.6) is 0 Å². The van der Waals surface area contributed by atoms with Crippen molar-refractivity contribution in [3.63, 3.8) is 0 Å². The smallest absolute Gasteiger partial charge is 0.234 e. The summed E-state index contributed by atoms with van der Waals surface area (Å²) >= 11 is 6.03. The molecule has 1 saturated heterocycles. The van der Waals surface area contributed by atoms with Crippen molar-refractivity contribution in [3.05, 3.63) is 53.1 Å². The predicted octanol–water partition coefficient (Wildman–Crippen LogP) is 1.99. The van der Waals surface area contributed by atoms with Gasteiger partial charge in [0, 0.05) is 36.3 Å². The maximum absolute atomic E-state index is 12.3. The van der Waals surface area contributed by atoms with Gasteiger partial charge in [-0.3, -0.25) is 14.9 Å². The second kappa shape index (κ2) is 5.33. The van der Waals surface area contributed by atoms with Gasteiger partial charge in [0.1, 0.15) is 0 Å². The first-order valence-electron chi connectivity index (χ1n) is 6.61. The summed E-state index contributed by atoms with van der Waals surface area (Å²) in [6.45, 7) is 0. The molecule has 1 aliphatic heterocycles. The molecule has 2 atom stereocenters. The van der Waals surface area contributed by atoms with Crippen LogP contribution in [0.1, 0.15) is 29.5 Å². The number of benzene rings is 1. The Morgan fingerprint density at radius 3 is 2.86 bits per heavy atom. The third-order valence-electron chi connectivity index (χ3n) is 3.79. The third kappa shape index (κ3) is 2.56. The average Bonchev–Trinajstić information content (AvgIpc) is 2.84. The summed E-state index contributed by atoms with van der Waals surface area (Å²) in [5.74, 6) is -1.24. The summed E-state index contributed by atoms with van der Waals surface area (Å²) in [6.07, 6.45) is 3.62. The Morgan fingerprint density at radius 1 is 1.38 bits per heavy atom. The third-order valence-corrected chi connectivity index (χ3v) is 4.03. The van der Waals surface area contributed by atoms with E-state index >= 15 is 0 Å². The number of nitrogens with zero attached hydrogens (tertiary/aromatic N) is 2. The Labute approximate surface area is 126 Å². The maximum Gasteiger partial charge on any atom is 0.234 e. The number of rotatable bonds is 2. The first-order chi connectivity index (χ1) is 10.1. The minimum atomic E-state index is -0.447. The lowest BCUT2D eigenvalue weighted by Gasteiger charge is -2.30. The topological polar surface area (TPSA) is 64.0 Å². The number of aryl methyl sites for hydroxylation is 1. The summed E-state index contributed by atoms with van der Waals surface area (Å²) in [6, 6.07) is 7.19. The van der Waals surface area contributed by atoms with Crippen LogP contribution in [0.2, 0.25) is 5.02 Å². The van der Waals surface area contributed by atoms with Crippen LogP contribution in [0.15, 0.2) is 36.8 Å². The van der Waals surface area contributed by atoms with Crippen LogP contribution in [-0.4, -0.2) is 21.4 Å². The molecule has 0 saturated carbocycles. The molecule has 5 nitrogen and oxygen atoms in total. The van der Waals surface area contributed by atoms with E-state index in [1.807, 2.05) is 23.7 Å². The molecule has 1 aromatic heterocycles. The van der Waals surface area contributed by atoms with Gasteiger partial charge in [0.15, 0.2) is 0 Å². The highest BCUT2D eigenvalue weighted by Crippen LogP contribution is 2.38. The number of imide groups is 1. The minimum Gasteiger partial charge on any atom is -0.337 e. The van der Waals surface area contributed by atoms with E-state index in [-0.39, 0.29) is 24.2 Å². The van der Waals surface area contributed by atoms with Crippen molar-refractivity contribution in [2.24, 2.45) is 7.05 Å². The van der Waals surface area contributed by atoms with Crippen molar-refractivity contribution in [1.29, 1.82) is 0 Å². The number of carbonyl (C=O) groups excluding carboxylic acids is 2. The first-order valence-corrected chi connectivity index (χ1v) is 6.99. The molecule has 1 aliphatic rings. The van der Waals surface area contributed by atoms with Gasteiger partial charge in [0.25, 0.3) is 0 Å². The van der Waals surface area contributed by atoms with Crippen LogP contribution in [0.4, 0.5) is 0 Å². The first kappa shape index (κ1) is 13.8. The molecule has 2 amide bonds. The molecule has 2 unspecified atom stereocenters. The quantitative estimate of drug-likeness (QED) is 0.863. The molecule has 0 aliphatic carbocycles. The molecule has 1 fully saturated rings. The van der Waals surface area contributed by atoms with E-state index in [1.54, 1.807) is 24.7 Å². The number of carbonyl (C=O) groups is 2. The minimum absolute atomic E-state index is 0.239. The van der Waals surface area contributed by atoms with Crippen molar-refractivity contribution in [2.45, 2.75) is 18.3 Å². The van der Waals surface area contributed by atoms with Crippen molar-refractivity contribution in [3.8, 4) is 0 Å². The van der Waals surface area contributed by atoms with Gasteiger partial charge in [0.2, 0.25) is 11.8 Å². The van der Waals surface area contributed by atoms with Crippen LogP contribution < -0.4 is 5.32 Å². The van der Waals surface area contributed by atoms with Gasteiger partial charge in [-0.15, -0.1) is 0 Å². The number of hydrogen-bond donors (Lipinski definition) is 1. The zero-order chi connectivity index (χ0) is 15.0. The predicted molar refractivity (Wildman–Crippen MR) is 77.9 cm³/mol. The van der Waals surface area contributed by atoms with Crippen molar-refractivity contribution >= 4 is 23.4 Å². The Balaban J connectivity index is 2.07. The number of halogens is 1. The maximum atomic E-state index is 12.3. The number of hydrogen-bond acceptors (Lipinski definition) is 3. The molecule has 2 aromatic rings. The van der Waals surface area contributed by atoms with Gasteiger partial charge >= 0.3 is 0 Å². The summed E-state index contributed by atoms with van der Waals surface area (Å²) in [4.78, 5) is 28.2. The highest BCUT2D eigenvalue weighted by atomic mass is 35.5. The highest BCUT2D eigenvalue weighted by Gasteiger charge is 2.39. The molecule has 0 radical (unpaired) electrons. The van der Waals surface area contributed by atoms with Gasteiger partial charge in [-0.05, 0) is 17.7 Å². The lowest BCUT2D eigenvalue weighted by molar-refractivity contribution is -0.135. The monoisotopic (exact) mass is 303 g/mol. The Morgan fingerprint density at radius 2 is 2.19 bits per heavy atom. The second-order valence-electron chi connectivity index (χ2n) is 5.19. The molecule has 2 heterocycles. The van der Waals surface area contributed by atoms with Gasteiger partial charge in [-0.25, -0.2) is 4.98 Å². The average molecular weight is 304 g/mol. The van der Waals surface area contributed by atoms with E-state index in [0.717, 1.165) is 11.3 Å². The molecule has 1 aromatic carbocycles. The molecule has 108 valence electrons. The van der Waals surface area contributed by atoms with Crippen LogP contribution >= 0.6 is 11.6 Å². The summed E-state index contributed by atoms with van der Waals surface area (Å²) in [5, 5.41) is 2.98. The fraction of sp³-hybridized carbons (Fsp3) is 0.267. The normalized spacial score (nSPS) is 22.2. The fourth-order valence-electron chi connectivity index (χ4n) is 2.85. The summed E-state index contributed by atoms with van der Waals surface area (Å²) in [5.41, 5.74) is 1.67. The zero-order valence-corrected chi connectivity index (χ0v) is 12.2. The molecule has 3 rings (SSSR count). The van der Waals surface area contributed by atoms with Crippen LogP contribution in [-0.2, 0) is 16.6 Å². The van der Waals surface area contributed by atoms with E-state index in [2.05, 4.69) is 10.3 Å². The number of aromatic nitrogens is 2. The fourth-order valence-corrected chi connectivity index (χ4v) is 3.05. The summed E-state index contributed by atoms with van der Waals surface area (Å²) < 4.78 is 1.84. The zero-order valence-electron chi connectivity index (χ0n) is 11.4. The second-order valence-corrected chi connectivity index (χ2v) is 5.62. The Kier molecular flexibility index (Phi) is 3.51. The highest BCUT2D eigenvalue weighted by molar-refractivity contribution is 6.30. The molecule has 21 heavy (non-hydrogen) atoms.